The standard InChI is InChI=1S/C14H19FN4O3/c1-21-6-12(20)18-7-14-8-19(4-10(14)5-22-9-14)13-16-2-11(15)3-17-13/h2-3,10H,4-9H2,1H3,(H,18,20)/t10-,14+/m1/s1. The molecule has 0 bridgehead atoms. The van der Waals surface area contributed by atoms with E-state index in [2.05, 4.69) is 15.3 Å². The van der Waals surface area contributed by atoms with Crippen molar-refractivity contribution in [2.45, 2.75) is 0 Å². The van der Waals surface area contributed by atoms with Crippen molar-refractivity contribution in [2.24, 2.45) is 11.3 Å². The molecule has 1 amide bonds. The Morgan fingerprint density at radius 2 is 2.36 bits per heavy atom. The lowest BCUT2D eigenvalue weighted by Crippen LogP contribution is -2.44. The van der Waals surface area contributed by atoms with E-state index in [9.17, 15) is 9.18 Å². The molecule has 2 saturated heterocycles. The molecular weight excluding hydrogens is 291 g/mol. The van der Waals surface area contributed by atoms with Crippen molar-refractivity contribution < 1.29 is 18.7 Å². The minimum absolute atomic E-state index is 0.0480. The molecule has 1 N–H and O–H groups in total. The van der Waals surface area contributed by atoms with Gasteiger partial charge in [-0.05, 0) is 0 Å². The van der Waals surface area contributed by atoms with Gasteiger partial charge in [0.2, 0.25) is 11.9 Å². The molecule has 3 rings (SSSR count). The van der Waals surface area contributed by atoms with Gasteiger partial charge in [-0.25, -0.2) is 14.4 Å². The van der Waals surface area contributed by atoms with Gasteiger partial charge in [-0.1, -0.05) is 0 Å². The third-order valence-electron chi connectivity index (χ3n) is 4.32. The second kappa shape index (κ2) is 6.13. The SMILES string of the molecule is COCC(=O)NC[C@]12COC[C@H]1CN(c1ncc(F)cn1)C2. The number of hydrogen-bond donors (Lipinski definition) is 1. The van der Waals surface area contributed by atoms with Crippen LogP contribution in [0, 0.1) is 17.2 Å². The Kier molecular flexibility index (Phi) is 4.21. The number of ether oxygens (including phenoxy) is 2. The molecule has 3 heterocycles. The molecule has 1 aromatic heterocycles. The van der Waals surface area contributed by atoms with E-state index in [0.29, 0.717) is 38.2 Å². The first kappa shape index (κ1) is 15.1. The van der Waals surface area contributed by atoms with Crippen molar-refractivity contribution in [1.82, 2.24) is 15.3 Å². The second-order valence-corrected chi connectivity index (χ2v) is 5.87. The molecule has 1 aromatic rings. The van der Waals surface area contributed by atoms with Crippen molar-refractivity contribution in [3.05, 3.63) is 18.2 Å². The molecule has 120 valence electrons. The lowest BCUT2D eigenvalue weighted by molar-refractivity contribution is -0.125. The number of rotatable bonds is 5. The summed E-state index contributed by atoms with van der Waals surface area (Å²) in [5.41, 5.74) is -0.152. The van der Waals surface area contributed by atoms with Gasteiger partial charge in [0.05, 0.1) is 25.6 Å². The average Bonchev–Trinajstić information content (AvgIpc) is 3.03. The highest BCUT2D eigenvalue weighted by atomic mass is 19.1. The van der Waals surface area contributed by atoms with Gasteiger partial charge < -0.3 is 19.7 Å². The van der Waals surface area contributed by atoms with Crippen molar-refractivity contribution >= 4 is 11.9 Å². The van der Waals surface area contributed by atoms with Gasteiger partial charge in [0.15, 0.2) is 5.82 Å². The predicted molar refractivity (Wildman–Crippen MR) is 75.8 cm³/mol. The Labute approximate surface area is 127 Å². The van der Waals surface area contributed by atoms with E-state index in [1.54, 1.807) is 0 Å². The number of nitrogens with zero attached hydrogens (tertiary/aromatic N) is 3. The van der Waals surface area contributed by atoms with Crippen LogP contribution in [0.4, 0.5) is 10.3 Å². The lowest BCUT2D eigenvalue weighted by atomic mass is 9.81. The fourth-order valence-electron chi connectivity index (χ4n) is 3.16. The van der Waals surface area contributed by atoms with Crippen LogP contribution in [0.2, 0.25) is 0 Å². The summed E-state index contributed by atoms with van der Waals surface area (Å²) >= 11 is 0. The molecule has 22 heavy (non-hydrogen) atoms. The van der Waals surface area contributed by atoms with E-state index in [1.165, 1.54) is 19.5 Å². The summed E-state index contributed by atoms with van der Waals surface area (Å²) in [5, 5.41) is 2.90. The number of amides is 1. The molecule has 7 nitrogen and oxygen atoms in total. The summed E-state index contributed by atoms with van der Waals surface area (Å²) in [5.74, 6) is 0.217. The van der Waals surface area contributed by atoms with Crippen LogP contribution in [-0.4, -0.2) is 62.4 Å². The maximum Gasteiger partial charge on any atom is 0.246 e. The van der Waals surface area contributed by atoms with Crippen molar-refractivity contribution in [1.29, 1.82) is 0 Å². The van der Waals surface area contributed by atoms with Gasteiger partial charge in [0, 0.05) is 38.1 Å². The smallest absolute Gasteiger partial charge is 0.246 e. The van der Waals surface area contributed by atoms with Crippen LogP contribution in [0.3, 0.4) is 0 Å². The molecule has 0 aliphatic carbocycles. The minimum atomic E-state index is -0.451. The van der Waals surface area contributed by atoms with Crippen LogP contribution < -0.4 is 10.2 Å². The predicted octanol–water partition coefficient (Wildman–Crippen LogP) is -0.169. The third-order valence-corrected chi connectivity index (χ3v) is 4.32. The molecule has 2 fully saturated rings. The van der Waals surface area contributed by atoms with Gasteiger partial charge in [-0.2, -0.15) is 0 Å². The first-order valence-corrected chi connectivity index (χ1v) is 7.19. The van der Waals surface area contributed by atoms with Crippen LogP contribution in [0.1, 0.15) is 0 Å². The van der Waals surface area contributed by atoms with Gasteiger partial charge in [-0.3, -0.25) is 4.79 Å². The zero-order valence-electron chi connectivity index (χ0n) is 12.4. The minimum Gasteiger partial charge on any atom is -0.380 e. The lowest BCUT2D eigenvalue weighted by Gasteiger charge is -2.27. The van der Waals surface area contributed by atoms with Crippen LogP contribution in [-0.2, 0) is 14.3 Å². The fourth-order valence-corrected chi connectivity index (χ4v) is 3.16. The van der Waals surface area contributed by atoms with Crippen LogP contribution >= 0.6 is 0 Å². The molecule has 0 aromatic carbocycles. The fraction of sp³-hybridized carbons (Fsp3) is 0.643. The van der Waals surface area contributed by atoms with Gasteiger partial charge in [0.25, 0.3) is 0 Å². The number of hydrogen-bond acceptors (Lipinski definition) is 6. The van der Waals surface area contributed by atoms with E-state index in [1.807, 2.05) is 4.90 Å². The van der Waals surface area contributed by atoms with E-state index in [0.717, 1.165) is 6.54 Å². The summed E-state index contributed by atoms with van der Waals surface area (Å²) in [6.07, 6.45) is 2.33. The number of halogens is 1. The molecule has 2 atom stereocenters. The Hall–Kier alpha value is -1.80. The molecule has 2 aliphatic heterocycles. The van der Waals surface area contributed by atoms with E-state index in [4.69, 9.17) is 9.47 Å². The first-order chi connectivity index (χ1) is 10.6. The molecule has 0 saturated carbocycles. The summed E-state index contributed by atoms with van der Waals surface area (Å²) in [6, 6.07) is 0. The van der Waals surface area contributed by atoms with Crippen molar-refractivity contribution in [3.8, 4) is 0 Å². The highest BCUT2D eigenvalue weighted by Gasteiger charge is 2.51. The Morgan fingerprint density at radius 1 is 1.59 bits per heavy atom. The maximum atomic E-state index is 12.9. The highest BCUT2D eigenvalue weighted by Crippen LogP contribution is 2.41. The quantitative estimate of drug-likeness (QED) is 0.814. The molecule has 0 spiro atoms. The van der Waals surface area contributed by atoms with E-state index >= 15 is 0 Å². The summed E-state index contributed by atoms with van der Waals surface area (Å²) in [6.45, 7) is 3.23. The van der Waals surface area contributed by atoms with Crippen LogP contribution in [0.5, 0.6) is 0 Å². The molecule has 0 unspecified atom stereocenters. The Balaban J connectivity index is 1.68. The summed E-state index contributed by atoms with van der Waals surface area (Å²) < 4.78 is 23.4. The van der Waals surface area contributed by atoms with Gasteiger partial charge in [0.1, 0.15) is 6.61 Å². The first-order valence-electron chi connectivity index (χ1n) is 7.19. The largest absolute Gasteiger partial charge is 0.380 e. The summed E-state index contributed by atoms with van der Waals surface area (Å²) in [4.78, 5) is 21.7. The van der Waals surface area contributed by atoms with Gasteiger partial charge in [-0.15, -0.1) is 0 Å². The zero-order chi connectivity index (χ0) is 15.6. The normalized spacial score (nSPS) is 27.0. The number of carbonyl (C=O) groups excluding carboxylic acids is 1. The van der Waals surface area contributed by atoms with Crippen LogP contribution in [0.25, 0.3) is 0 Å². The molecular formula is C14H19FN4O3. The van der Waals surface area contributed by atoms with Gasteiger partial charge >= 0.3 is 0 Å². The average molecular weight is 310 g/mol. The Morgan fingerprint density at radius 3 is 3.09 bits per heavy atom. The number of carbonyl (C=O) groups is 1. The summed E-state index contributed by atoms with van der Waals surface area (Å²) in [7, 11) is 1.49. The Bertz CT molecular complexity index is 541. The second-order valence-electron chi connectivity index (χ2n) is 5.87. The molecule has 0 radical (unpaired) electrons. The monoisotopic (exact) mass is 310 g/mol. The molecule has 8 heteroatoms. The third kappa shape index (κ3) is 2.89. The molecule has 2 aliphatic rings. The van der Waals surface area contributed by atoms with E-state index < -0.39 is 5.82 Å². The van der Waals surface area contributed by atoms with Crippen LogP contribution in [0.15, 0.2) is 12.4 Å². The number of aromatic nitrogens is 2. The zero-order valence-corrected chi connectivity index (χ0v) is 12.4. The topological polar surface area (TPSA) is 76.6 Å². The van der Waals surface area contributed by atoms with E-state index in [-0.39, 0.29) is 17.9 Å². The number of methoxy groups -OCH3 is 1. The number of nitrogens with one attached hydrogen (secondary N) is 1. The highest BCUT2D eigenvalue weighted by molar-refractivity contribution is 5.77. The van der Waals surface area contributed by atoms with Crippen molar-refractivity contribution in [2.75, 3.05) is 51.5 Å². The number of anilines is 1. The van der Waals surface area contributed by atoms with Crippen molar-refractivity contribution in [3.63, 3.8) is 0 Å². The number of fused-ring (bicyclic) bond motifs is 1. The maximum absolute atomic E-state index is 12.9.